The lowest BCUT2D eigenvalue weighted by atomic mass is 10.3. The molecule has 0 unspecified atom stereocenters. The van der Waals surface area contributed by atoms with Gasteiger partial charge in [0, 0.05) is 4.43 Å². The van der Waals surface area contributed by atoms with Crippen molar-refractivity contribution in [3.63, 3.8) is 0 Å². The van der Waals surface area contributed by atoms with E-state index in [4.69, 9.17) is 0 Å². The van der Waals surface area contributed by atoms with E-state index in [-0.39, 0.29) is 0 Å². The van der Waals surface area contributed by atoms with Crippen LogP contribution in [0.5, 0.6) is 0 Å². The van der Waals surface area contributed by atoms with Crippen LogP contribution in [-0.4, -0.2) is 4.43 Å². The molecular formula is C8H11I. The molecule has 0 aromatic rings. The molecule has 0 spiro atoms. The molecule has 0 amide bonds. The highest BCUT2D eigenvalue weighted by Gasteiger charge is 1.81. The topological polar surface area (TPSA) is 0 Å². The molecule has 50 valence electrons. The maximum absolute atomic E-state index is 3.68. The van der Waals surface area contributed by atoms with Crippen LogP contribution in [0.1, 0.15) is 6.92 Å². The first kappa shape index (κ1) is 8.95. The fourth-order valence-electron chi connectivity index (χ4n) is 0.387. The standard InChI is InChI=1S/C8H11I/c1-3-5-6-8(4-2)7-9/h3-6H,2,7H2,1H3/b5-3-,8-6+. The lowest BCUT2D eigenvalue weighted by Crippen LogP contribution is -1.73. The minimum absolute atomic E-state index is 1.03. The Bertz CT molecular complexity index is 132. The van der Waals surface area contributed by atoms with E-state index < -0.39 is 0 Å². The SMILES string of the molecule is C=C/C(=C\C=C/C)CI. The second kappa shape index (κ2) is 6.08. The Kier molecular flexibility index (Phi) is 6.04. The van der Waals surface area contributed by atoms with Gasteiger partial charge in [-0.05, 0) is 12.5 Å². The van der Waals surface area contributed by atoms with Crippen molar-refractivity contribution in [1.82, 2.24) is 0 Å². The third-order valence-corrected chi connectivity index (χ3v) is 1.80. The molecule has 0 radical (unpaired) electrons. The zero-order valence-corrected chi connectivity index (χ0v) is 7.76. The van der Waals surface area contributed by atoms with Crippen molar-refractivity contribution in [3.8, 4) is 0 Å². The van der Waals surface area contributed by atoms with E-state index in [0.29, 0.717) is 0 Å². The summed E-state index contributed by atoms with van der Waals surface area (Å²) in [4.78, 5) is 0. The summed E-state index contributed by atoms with van der Waals surface area (Å²) in [6.07, 6.45) is 7.98. The number of alkyl halides is 1. The molecule has 0 nitrogen and oxygen atoms in total. The molecule has 0 heterocycles. The molecule has 0 aromatic carbocycles. The molecule has 0 bridgehead atoms. The first-order valence-corrected chi connectivity index (χ1v) is 4.38. The first-order valence-electron chi connectivity index (χ1n) is 2.85. The van der Waals surface area contributed by atoms with Gasteiger partial charge in [-0.1, -0.05) is 53.5 Å². The number of hydrogen-bond donors (Lipinski definition) is 0. The highest BCUT2D eigenvalue weighted by molar-refractivity contribution is 14.1. The van der Waals surface area contributed by atoms with Crippen molar-refractivity contribution in [2.24, 2.45) is 0 Å². The van der Waals surface area contributed by atoms with E-state index in [1.165, 1.54) is 5.57 Å². The van der Waals surface area contributed by atoms with Gasteiger partial charge in [-0.15, -0.1) is 0 Å². The van der Waals surface area contributed by atoms with Gasteiger partial charge in [0.05, 0.1) is 0 Å². The van der Waals surface area contributed by atoms with E-state index >= 15 is 0 Å². The van der Waals surface area contributed by atoms with Crippen molar-refractivity contribution >= 4 is 22.6 Å². The van der Waals surface area contributed by atoms with E-state index in [2.05, 4.69) is 35.2 Å². The van der Waals surface area contributed by atoms with Crippen molar-refractivity contribution in [2.75, 3.05) is 4.43 Å². The lowest BCUT2D eigenvalue weighted by Gasteiger charge is -1.88. The second-order valence-electron chi connectivity index (χ2n) is 1.61. The third-order valence-electron chi connectivity index (χ3n) is 0.919. The Morgan fingerprint density at radius 1 is 1.67 bits per heavy atom. The van der Waals surface area contributed by atoms with Crippen LogP contribution in [-0.2, 0) is 0 Å². The maximum atomic E-state index is 3.68. The van der Waals surface area contributed by atoms with Crippen molar-refractivity contribution in [1.29, 1.82) is 0 Å². The van der Waals surface area contributed by atoms with Gasteiger partial charge in [-0.3, -0.25) is 0 Å². The van der Waals surface area contributed by atoms with Crippen LogP contribution >= 0.6 is 22.6 Å². The average Bonchev–Trinajstić information content (AvgIpc) is 1.91. The van der Waals surface area contributed by atoms with Crippen LogP contribution < -0.4 is 0 Å². The van der Waals surface area contributed by atoms with Crippen LogP contribution in [0.2, 0.25) is 0 Å². The van der Waals surface area contributed by atoms with Crippen molar-refractivity contribution in [2.45, 2.75) is 6.92 Å². The minimum atomic E-state index is 1.03. The molecule has 0 saturated heterocycles. The smallest absolute Gasteiger partial charge is 0.0246 e. The zero-order valence-electron chi connectivity index (χ0n) is 5.60. The van der Waals surface area contributed by atoms with Crippen LogP contribution in [0.25, 0.3) is 0 Å². The molecule has 0 N–H and O–H groups in total. The zero-order chi connectivity index (χ0) is 7.11. The third kappa shape index (κ3) is 4.45. The Balaban J connectivity index is 3.90. The molecule has 0 saturated carbocycles. The molecular weight excluding hydrogens is 223 g/mol. The summed E-state index contributed by atoms with van der Waals surface area (Å²) in [5, 5.41) is 0. The minimum Gasteiger partial charge on any atom is -0.0988 e. The second-order valence-corrected chi connectivity index (χ2v) is 2.37. The highest BCUT2D eigenvalue weighted by Crippen LogP contribution is 2.00. The largest absolute Gasteiger partial charge is 0.0988 e. The predicted octanol–water partition coefficient (Wildman–Crippen LogP) is 3.11. The summed E-state index contributed by atoms with van der Waals surface area (Å²) in [5.74, 6) is 0. The Morgan fingerprint density at radius 2 is 2.33 bits per heavy atom. The monoisotopic (exact) mass is 234 g/mol. The molecule has 0 fully saturated rings. The Morgan fingerprint density at radius 3 is 2.67 bits per heavy atom. The quantitative estimate of drug-likeness (QED) is 0.400. The average molecular weight is 234 g/mol. The molecule has 0 aromatic heterocycles. The van der Waals surface area contributed by atoms with Crippen LogP contribution in [0.4, 0.5) is 0 Å². The van der Waals surface area contributed by atoms with Crippen molar-refractivity contribution in [3.05, 3.63) is 36.5 Å². The van der Waals surface area contributed by atoms with Crippen LogP contribution in [0.15, 0.2) is 36.5 Å². The van der Waals surface area contributed by atoms with E-state index in [0.717, 1.165) is 4.43 Å². The summed E-state index contributed by atoms with van der Waals surface area (Å²) in [6, 6.07) is 0. The normalized spacial score (nSPS) is 12.4. The fourth-order valence-corrected chi connectivity index (χ4v) is 0.953. The number of hydrogen-bond acceptors (Lipinski definition) is 0. The molecule has 0 atom stereocenters. The highest BCUT2D eigenvalue weighted by atomic mass is 127. The van der Waals surface area contributed by atoms with Gasteiger partial charge in [-0.2, -0.15) is 0 Å². The van der Waals surface area contributed by atoms with Crippen LogP contribution in [0.3, 0.4) is 0 Å². The summed E-state index contributed by atoms with van der Waals surface area (Å²) in [6.45, 7) is 5.68. The van der Waals surface area contributed by atoms with Gasteiger partial charge in [0.15, 0.2) is 0 Å². The summed E-state index contributed by atoms with van der Waals surface area (Å²) < 4.78 is 1.03. The number of rotatable bonds is 3. The van der Waals surface area contributed by atoms with Crippen molar-refractivity contribution < 1.29 is 0 Å². The van der Waals surface area contributed by atoms with Gasteiger partial charge >= 0.3 is 0 Å². The Hall–Kier alpha value is -0.0500. The van der Waals surface area contributed by atoms with Gasteiger partial charge in [0.1, 0.15) is 0 Å². The van der Waals surface area contributed by atoms with Crippen LogP contribution in [0, 0.1) is 0 Å². The van der Waals surface area contributed by atoms with Gasteiger partial charge in [0.2, 0.25) is 0 Å². The summed E-state index contributed by atoms with van der Waals surface area (Å²) in [7, 11) is 0. The van der Waals surface area contributed by atoms with E-state index in [9.17, 15) is 0 Å². The molecule has 9 heavy (non-hydrogen) atoms. The predicted molar refractivity (Wildman–Crippen MR) is 52.0 cm³/mol. The summed E-state index contributed by atoms with van der Waals surface area (Å²) >= 11 is 2.32. The Labute approximate surface area is 70.5 Å². The molecule has 1 heteroatoms. The van der Waals surface area contributed by atoms with E-state index in [1.807, 2.05) is 25.2 Å². The first-order chi connectivity index (χ1) is 4.35. The molecule has 0 aliphatic rings. The van der Waals surface area contributed by atoms with Gasteiger partial charge < -0.3 is 0 Å². The van der Waals surface area contributed by atoms with Gasteiger partial charge in [0.25, 0.3) is 0 Å². The summed E-state index contributed by atoms with van der Waals surface area (Å²) in [5.41, 5.74) is 1.27. The number of allylic oxidation sites excluding steroid dienone is 5. The molecule has 0 aliphatic carbocycles. The molecule has 0 aliphatic heterocycles. The maximum Gasteiger partial charge on any atom is 0.0246 e. The number of halogens is 1. The van der Waals surface area contributed by atoms with Gasteiger partial charge in [-0.25, -0.2) is 0 Å². The van der Waals surface area contributed by atoms with E-state index in [1.54, 1.807) is 0 Å². The fraction of sp³-hybridized carbons (Fsp3) is 0.250. The lowest BCUT2D eigenvalue weighted by molar-refractivity contribution is 1.58. The molecule has 0 rings (SSSR count).